The van der Waals surface area contributed by atoms with Crippen molar-refractivity contribution in [1.29, 1.82) is 0 Å². The van der Waals surface area contributed by atoms with E-state index in [9.17, 15) is 14.4 Å². The quantitative estimate of drug-likeness (QED) is 0.450. The van der Waals surface area contributed by atoms with Crippen LogP contribution in [0.5, 0.6) is 0 Å². The summed E-state index contributed by atoms with van der Waals surface area (Å²) in [7, 11) is 0. The largest absolute Gasteiger partial charge is 0.478 e. The summed E-state index contributed by atoms with van der Waals surface area (Å²) in [4.78, 5) is 47.2. The standard InChI is InChI=1S/C21H21N5O4/c27-17(23-10-12-1-3-14(4-2-12)21(29)30)9-16(13-5-6-13)26-20(28)18-15-7-8-22-19(15)25-11-24-18/h1-4,7-8,11,13,16H,5-6,9-10H2,(H,23,27)(H,26,28)(H,29,30)(H,22,24,25)/t16-/m1/s1. The lowest BCUT2D eigenvalue weighted by atomic mass is 10.1. The van der Waals surface area contributed by atoms with Crippen LogP contribution in [-0.2, 0) is 11.3 Å². The van der Waals surface area contributed by atoms with Crippen molar-refractivity contribution in [1.82, 2.24) is 25.6 Å². The molecule has 0 unspecified atom stereocenters. The number of nitrogens with one attached hydrogen (secondary N) is 3. The molecule has 3 aromatic rings. The molecule has 154 valence electrons. The monoisotopic (exact) mass is 407 g/mol. The molecular formula is C21H21N5O4. The van der Waals surface area contributed by atoms with Gasteiger partial charge in [0, 0.05) is 25.2 Å². The molecule has 0 spiro atoms. The molecule has 1 fully saturated rings. The summed E-state index contributed by atoms with van der Waals surface area (Å²) < 4.78 is 0. The zero-order valence-corrected chi connectivity index (χ0v) is 16.1. The molecule has 30 heavy (non-hydrogen) atoms. The van der Waals surface area contributed by atoms with Gasteiger partial charge in [-0.25, -0.2) is 14.8 Å². The minimum absolute atomic E-state index is 0.172. The van der Waals surface area contributed by atoms with Gasteiger partial charge >= 0.3 is 5.97 Å². The van der Waals surface area contributed by atoms with E-state index in [-0.39, 0.29) is 41.5 Å². The third kappa shape index (κ3) is 4.45. The molecule has 0 radical (unpaired) electrons. The molecule has 0 bridgehead atoms. The summed E-state index contributed by atoms with van der Waals surface area (Å²) in [5, 5.41) is 15.4. The molecule has 4 rings (SSSR count). The van der Waals surface area contributed by atoms with Gasteiger partial charge in [-0.1, -0.05) is 12.1 Å². The third-order valence-electron chi connectivity index (χ3n) is 5.17. The Kier molecular flexibility index (Phi) is 5.42. The second-order valence-corrected chi connectivity index (χ2v) is 7.36. The highest BCUT2D eigenvalue weighted by atomic mass is 16.4. The first kappa shape index (κ1) is 19.6. The van der Waals surface area contributed by atoms with Gasteiger partial charge in [0.1, 0.15) is 17.7 Å². The van der Waals surface area contributed by atoms with Gasteiger partial charge in [-0.15, -0.1) is 0 Å². The molecule has 9 heteroatoms. The maximum absolute atomic E-state index is 12.8. The molecule has 1 aliphatic carbocycles. The SMILES string of the molecule is O=C(C[C@@H](NC(=O)c1ncnc2[nH]ccc12)C1CC1)NCc1ccc(C(=O)O)cc1. The number of hydrogen-bond donors (Lipinski definition) is 4. The number of benzene rings is 1. The average Bonchev–Trinajstić information content (AvgIpc) is 3.48. The van der Waals surface area contributed by atoms with E-state index in [1.807, 2.05) is 0 Å². The predicted octanol–water partition coefficient (Wildman–Crippen LogP) is 1.87. The molecule has 2 amide bonds. The van der Waals surface area contributed by atoms with Gasteiger partial charge in [0.15, 0.2) is 0 Å². The van der Waals surface area contributed by atoms with Gasteiger partial charge in [0.25, 0.3) is 5.91 Å². The number of carbonyl (C=O) groups excluding carboxylic acids is 2. The molecule has 1 aliphatic rings. The maximum Gasteiger partial charge on any atom is 0.335 e. The fourth-order valence-corrected chi connectivity index (χ4v) is 3.36. The van der Waals surface area contributed by atoms with Gasteiger partial charge in [-0.3, -0.25) is 9.59 Å². The van der Waals surface area contributed by atoms with Crippen molar-refractivity contribution in [3.05, 3.63) is 59.7 Å². The number of fused-ring (bicyclic) bond motifs is 1. The number of carboxylic acids is 1. The highest BCUT2D eigenvalue weighted by molar-refractivity contribution is 6.03. The van der Waals surface area contributed by atoms with Gasteiger partial charge in [-0.2, -0.15) is 0 Å². The molecule has 2 aromatic heterocycles. The Morgan fingerprint density at radius 3 is 2.60 bits per heavy atom. The number of aromatic carboxylic acids is 1. The van der Waals surface area contributed by atoms with Crippen molar-refractivity contribution in [2.24, 2.45) is 5.92 Å². The van der Waals surface area contributed by atoms with E-state index in [0.29, 0.717) is 17.6 Å². The second kappa shape index (κ2) is 8.32. The van der Waals surface area contributed by atoms with Crippen molar-refractivity contribution >= 4 is 28.8 Å². The summed E-state index contributed by atoms with van der Waals surface area (Å²) in [5.41, 5.74) is 1.87. The van der Waals surface area contributed by atoms with Crippen LogP contribution in [-0.4, -0.2) is 43.9 Å². The Morgan fingerprint density at radius 1 is 1.13 bits per heavy atom. The number of H-pyrrole nitrogens is 1. The van der Waals surface area contributed by atoms with Crippen LogP contribution in [0, 0.1) is 5.92 Å². The number of rotatable bonds is 8. The number of amides is 2. The van der Waals surface area contributed by atoms with Crippen molar-refractivity contribution in [2.75, 3.05) is 0 Å². The number of carbonyl (C=O) groups is 3. The molecule has 1 aromatic carbocycles. The van der Waals surface area contributed by atoms with Crippen LogP contribution in [0.15, 0.2) is 42.9 Å². The first-order valence-corrected chi connectivity index (χ1v) is 9.69. The van der Waals surface area contributed by atoms with E-state index >= 15 is 0 Å². The fraction of sp³-hybridized carbons (Fsp3) is 0.286. The Balaban J connectivity index is 1.35. The smallest absolute Gasteiger partial charge is 0.335 e. The minimum Gasteiger partial charge on any atom is -0.478 e. The summed E-state index contributed by atoms with van der Waals surface area (Å²) in [5.74, 6) is -1.22. The molecule has 4 N–H and O–H groups in total. The first-order valence-electron chi connectivity index (χ1n) is 9.69. The summed E-state index contributed by atoms with van der Waals surface area (Å²) >= 11 is 0. The topological polar surface area (TPSA) is 137 Å². The molecule has 1 atom stereocenters. The van der Waals surface area contributed by atoms with E-state index in [2.05, 4.69) is 25.6 Å². The predicted molar refractivity (Wildman–Crippen MR) is 108 cm³/mol. The van der Waals surface area contributed by atoms with E-state index in [4.69, 9.17) is 5.11 Å². The van der Waals surface area contributed by atoms with E-state index in [1.165, 1.54) is 18.5 Å². The van der Waals surface area contributed by atoms with Gasteiger partial charge in [-0.05, 0) is 42.5 Å². The van der Waals surface area contributed by atoms with Crippen LogP contribution in [0.3, 0.4) is 0 Å². The zero-order chi connectivity index (χ0) is 21.1. The lowest BCUT2D eigenvalue weighted by molar-refractivity contribution is -0.121. The lowest BCUT2D eigenvalue weighted by Gasteiger charge is -2.18. The van der Waals surface area contributed by atoms with Crippen LogP contribution >= 0.6 is 0 Å². The van der Waals surface area contributed by atoms with E-state index < -0.39 is 5.97 Å². The van der Waals surface area contributed by atoms with Crippen molar-refractivity contribution in [2.45, 2.75) is 31.8 Å². The van der Waals surface area contributed by atoms with Crippen LogP contribution in [0.1, 0.15) is 45.7 Å². The summed E-state index contributed by atoms with van der Waals surface area (Å²) in [6.07, 6.45) is 5.15. The van der Waals surface area contributed by atoms with Crippen LogP contribution < -0.4 is 10.6 Å². The second-order valence-electron chi connectivity index (χ2n) is 7.36. The highest BCUT2D eigenvalue weighted by Crippen LogP contribution is 2.34. The Labute approximate surface area is 171 Å². The molecule has 0 saturated heterocycles. The Morgan fingerprint density at radius 2 is 1.90 bits per heavy atom. The number of aromatic nitrogens is 3. The van der Waals surface area contributed by atoms with Crippen molar-refractivity contribution in [3.8, 4) is 0 Å². The van der Waals surface area contributed by atoms with E-state index in [0.717, 1.165) is 18.4 Å². The number of carboxylic acid groups (broad SMARTS) is 1. The highest BCUT2D eigenvalue weighted by Gasteiger charge is 2.34. The van der Waals surface area contributed by atoms with E-state index in [1.54, 1.807) is 24.4 Å². The Hall–Kier alpha value is -3.75. The molecular weight excluding hydrogens is 386 g/mol. The number of nitrogens with zero attached hydrogens (tertiary/aromatic N) is 2. The Bertz CT molecular complexity index is 1090. The zero-order valence-electron chi connectivity index (χ0n) is 16.1. The molecule has 9 nitrogen and oxygen atoms in total. The van der Waals surface area contributed by atoms with Gasteiger partial charge in [0.2, 0.25) is 5.91 Å². The van der Waals surface area contributed by atoms with Crippen LogP contribution in [0.4, 0.5) is 0 Å². The third-order valence-corrected chi connectivity index (χ3v) is 5.17. The fourth-order valence-electron chi connectivity index (χ4n) is 3.36. The summed E-state index contributed by atoms with van der Waals surface area (Å²) in [6.45, 7) is 0.292. The van der Waals surface area contributed by atoms with Crippen molar-refractivity contribution < 1.29 is 19.5 Å². The molecule has 0 aliphatic heterocycles. The van der Waals surface area contributed by atoms with Gasteiger partial charge in [0.05, 0.1) is 10.9 Å². The lowest BCUT2D eigenvalue weighted by Crippen LogP contribution is -2.40. The van der Waals surface area contributed by atoms with Gasteiger partial charge < -0.3 is 20.7 Å². The maximum atomic E-state index is 12.8. The minimum atomic E-state index is -0.991. The molecule has 2 heterocycles. The average molecular weight is 407 g/mol. The van der Waals surface area contributed by atoms with Crippen LogP contribution in [0.2, 0.25) is 0 Å². The normalized spacial score (nSPS) is 14.3. The molecule has 1 saturated carbocycles. The van der Waals surface area contributed by atoms with Crippen LogP contribution in [0.25, 0.3) is 11.0 Å². The number of aromatic amines is 1. The number of hydrogen-bond acceptors (Lipinski definition) is 5. The summed E-state index contributed by atoms with van der Waals surface area (Å²) in [6, 6.07) is 7.82. The first-order chi connectivity index (χ1) is 14.5. The van der Waals surface area contributed by atoms with Crippen molar-refractivity contribution in [3.63, 3.8) is 0 Å².